The van der Waals surface area contributed by atoms with Gasteiger partial charge in [0, 0.05) is 11.6 Å². The van der Waals surface area contributed by atoms with Gasteiger partial charge in [-0.25, -0.2) is 4.68 Å². The highest BCUT2D eigenvalue weighted by molar-refractivity contribution is 6.30. The summed E-state index contributed by atoms with van der Waals surface area (Å²) in [6.07, 6.45) is 0. The van der Waals surface area contributed by atoms with Crippen molar-refractivity contribution in [1.29, 1.82) is 0 Å². The molecule has 0 unspecified atom stereocenters. The smallest absolute Gasteiger partial charge is 0.242 e. The van der Waals surface area contributed by atoms with Gasteiger partial charge in [0.15, 0.2) is 5.82 Å². The van der Waals surface area contributed by atoms with E-state index in [4.69, 9.17) is 21.1 Å². The van der Waals surface area contributed by atoms with E-state index in [1.807, 2.05) is 24.3 Å². The molecular formula is C18H18ClN5O3. The number of hydrogen-bond donors (Lipinski definition) is 1. The molecule has 27 heavy (non-hydrogen) atoms. The second kappa shape index (κ2) is 9.00. The minimum Gasteiger partial charge on any atom is -0.497 e. The molecule has 2 aromatic carbocycles. The molecule has 9 heteroatoms. The quantitative estimate of drug-likeness (QED) is 0.637. The number of ether oxygens (including phenoxy) is 2. The summed E-state index contributed by atoms with van der Waals surface area (Å²) in [5.41, 5.74) is 0.965. The summed E-state index contributed by atoms with van der Waals surface area (Å²) in [6.45, 7) is 0.546. The molecule has 1 N–H and O–H groups in total. The van der Waals surface area contributed by atoms with Crippen LogP contribution in [0.25, 0.3) is 0 Å². The largest absolute Gasteiger partial charge is 0.497 e. The van der Waals surface area contributed by atoms with Crippen molar-refractivity contribution in [2.75, 3.05) is 7.11 Å². The highest BCUT2D eigenvalue weighted by Crippen LogP contribution is 2.16. The molecule has 1 amide bonds. The van der Waals surface area contributed by atoms with Crippen molar-refractivity contribution in [2.45, 2.75) is 19.7 Å². The van der Waals surface area contributed by atoms with Gasteiger partial charge in [-0.15, -0.1) is 5.10 Å². The summed E-state index contributed by atoms with van der Waals surface area (Å²) in [6, 6.07) is 14.4. The van der Waals surface area contributed by atoms with E-state index in [-0.39, 0.29) is 19.1 Å². The summed E-state index contributed by atoms with van der Waals surface area (Å²) in [5, 5.41) is 14.8. The van der Waals surface area contributed by atoms with Gasteiger partial charge in [0.2, 0.25) is 5.91 Å². The molecule has 1 heterocycles. The fourth-order valence-electron chi connectivity index (χ4n) is 2.26. The fraction of sp³-hybridized carbons (Fsp3) is 0.222. The average Bonchev–Trinajstić information content (AvgIpc) is 3.13. The Hall–Kier alpha value is -3.13. The lowest BCUT2D eigenvalue weighted by molar-refractivity contribution is -0.122. The second-order valence-electron chi connectivity index (χ2n) is 5.62. The molecule has 0 fully saturated rings. The first-order valence-electron chi connectivity index (χ1n) is 8.17. The lowest BCUT2D eigenvalue weighted by Crippen LogP contribution is -2.28. The number of amides is 1. The van der Waals surface area contributed by atoms with Crippen molar-refractivity contribution in [1.82, 2.24) is 25.5 Å². The molecule has 0 aliphatic rings. The van der Waals surface area contributed by atoms with Gasteiger partial charge in [0.1, 0.15) is 24.7 Å². The predicted molar refractivity (Wildman–Crippen MR) is 98.4 cm³/mol. The lowest BCUT2D eigenvalue weighted by atomic mass is 10.2. The molecular weight excluding hydrogens is 370 g/mol. The number of nitrogens with one attached hydrogen (secondary N) is 1. The van der Waals surface area contributed by atoms with Crippen LogP contribution in [-0.2, 0) is 24.5 Å². The molecule has 3 aromatic rings. The van der Waals surface area contributed by atoms with Gasteiger partial charge < -0.3 is 14.8 Å². The van der Waals surface area contributed by atoms with Gasteiger partial charge in [-0.3, -0.25) is 4.79 Å². The van der Waals surface area contributed by atoms with Crippen LogP contribution in [0.3, 0.4) is 0 Å². The van der Waals surface area contributed by atoms with Gasteiger partial charge in [-0.1, -0.05) is 23.7 Å². The highest BCUT2D eigenvalue weighted by Gasteiger charge is 2.11. The van der Waals surface area contributed by atoms with Crippen molar-refractivity contribution in [2.24, 2.45) is 0 Å². The standard InChI is InChI=1S/C18H18ClN5O3/c1-26-15-6-2-13(3-7-15)10-20-18(25)11-24-17(21-22-23-24)12-27-16-8-4-14(19)5-9-16/h2-9H,10-12H2,1H3,(H,20,25). The normalized spacial score (nSPS) is 10.4. The van der Waals surface area contributed by atoms with E-state index in [1.54, 1.807) is 31.4 Å². The predicted octanol–water partition coefficient (Wildman–Crippen LogP) is 2.23. The van der Waals surface area contributed by atoms with Crippen LogP contribution in [0.4, 0.5) is 0 Å². The number of methoxy groups -OCH3 is 1. The zero-order valence-corrected chi connectivity index (χ0v) is 15.4. The number of nitrogens with zero attached hydrogens (tertiary/aromatic N) is 4. The van der Waals surface area contributed by atoms with Crippen molar-refractivity contribution in [3.63, 3.8) is 0 Å². The maximum atomic E-state index is 12.2. The Balaban J connectivity index is 1.50. The SMILES string of the molecule is COc1ccc(CNC(=O)Cn2nnnc2COc2ccc(Cl)cc2)cc1. The molecule has 1 aromatic heterocycles. The molecule has 0 radical (unpaired) electrons. The van der Waals surface area contributed by atoms with E-state index in [9.17, 15) is 4.79 Å². The molecule has 0 saturated heterocycles. The molecule has 0 bridgehead atoms. The number of tetrazole rings is 1. The maximum Gasteiger partial charge on any atom is 0.242 e. The summed E-state index contributed by atoms with van der Waals surface area (Å²) in [4.78, 5) is 12.2. The Labute approximate surface area is 161 Å². The monoisotopic (exact) mass is 387 g/mol. The number of benzene rings is 2. The van der Waals surface area contributed by atoms with Gasteiger partial charge >= 0.3 is 0 Å². The number of halogens is 1. The van der Waals surface area contributed by atoms with E-state index < -0.39 is 0 Å². The van der Waals surface area contributed by atoms with E-state index in [0.29, 0.717) is 23.1 Å². The van der Waals surface area contributed by atoms with Crippen LogP contribution in [0, 0.1) is 0 Å². The van der Waals surface area contributed by atoms with Crippen molar-refractivity contribution < 1.29 is 14.3 Å². The molecule has 0 spiro atoms. The molecule has 0 saturated carbocycles. The third-order valence-corrected chi connectivity index (χ3v) is 3.98. The molecule has 3 rings (SSSR count). The van der Waals surface area contributed by atoms with Crippen molar-refractivity contribution in [3.8, 4) is 11.5 Å². The molecule has 8 nitrogen and oxygen atoms in total. The Morgan fingerprint density at radius 2 is 1.81 bits per heavy atom. The number of hydrogen-bond acceptors (Lipinski definition) is 6. The lowest BCUT2D eigenvalue weighted by Gasteiger charge is -2.08. The van der Waals surface area contributed by atoms with Crippen LogP contribution in [0.15, 0.2) is 48.5 Å². The van der Waals surface area contributed by atoms with Gasteiger partial charge in [0.25, 0.3) is 0 Å². The Morgan fingerprint density at radius 3 is 2.52 bits per heavy atom. The maximum absolute atomic E-state index is 12.2. The Bertz CT molecular complexity index is 881. The molecule has 140 valence electrons. The number of aromatic nitrogens is 4. The zero-order valence-electron chi connectivity index (χ0n) is 14.6. The second-order valence-corrected chi connectivity index (χ2v) is 6.06. The summed E-state index contributed by atoms with van der Waals surface area (Å²) in [5.74, 6) is 1.65. The third-order valence-electron chi connectivity index (χ3n) is 3.73. The molecule has 0 aliphatic heterocycles. The van der Waals surface area contributed by atoms with Crippen LogP contribution >= 0.6 is 11.6 Å². The first-order chi connectivity index (χ1) is 13.1. The topological polar surface area (TPSA) is 91.2 Å². The zero-order chi connectivity index (χ0) is 19.1. The summed E-state index contributed by atoms with van der Waals surface area (Å²) in [7, 11) is 1.61. The summed E-state index contributed by atoms with van der Waals surface area (Å²) >= 11 is 5.84. The van der Waals surface area contributed by atoms with Crippen LogP contribution in [0.5, 0.6) is 11.5 Å². The third kappa shape index (κ3) is 5.42. The van der Waals surface area contributed by atoms with Crippen LogP contribution < -0.4 is 14.8 Å². The highest BCUT2D eigenvalue weighted by atomic mass is 35.5. The number of carbonyl (C=O) groups excluding carboxylic acids is 1. The van der Waals surface area contributed by atoms with Gasteiger partial charge in [0.05, 0.1) is 7.11 Å². The number of carbonyl (C=O) groups is 1. The molecule has 0 aliphatic carbocycles. The van der Waals surface area contributed by atoms with Gasteiger partial charge in [-0.05, 0) is 52.4 Å². The Kier molecular flexibility index (Phi) is 6.22. The van der Waals surface area contributed by atoms with Gasteiger partial charge in [-0.2, -0.15) is 0 Å². The summed E-state index contributed by atoms with van der Waals surface area (Å²) < 4.78 is 12.1. The number of rotatable bonds is 8. The van der Waals surface area contributed by atoms with E-state index in [2.05, 4.69) is 20.8 Å². The Morgan fingerprint density at radius 1 is 1.11 bits per heavy atom. The fourth-order valence-corrected chi connectivity index (χ4v) is 2.39. The van der Waals surface area contributed by atoms with E-state index in [0.717, 1.165) is 11.3 Å². The first-order valence-corrected chi connectivity index (χ1v) is 8.55. The average molecular weight is 388 g/mol. The minimum atomic E-state index is -0.203. The van der Waals surface area contributed by atoms with Crippen LogP contribution in [0.1, 0.15) is 11.4 Å². The minimum absolute atomic E-state index is 0.00245. The van der Waals surface area contributed by atoms with Crippen molar-refractivity contribution >= 4 is 17.5 Å². The van der Waals surface area contributed by atoms with Crippen LogP contribution in [-0.4, -0.2) is 33.2 Å². The first kappa shape index (κ1) is 18.7. The van der Waals surface area contributed by atoms with Crippen molar-refractivity contribution in [3.05, 3.63) is 64.9 Å². The van der Waals surface area contributed by atoms with Crippen LogP contribution in [0.2, 0.25) is 5.02 Å². The van der Waals surface area contributed by atoms with E-state index in [1.165, 1.54) is 4.68 Å². The molecule has 0 atom stereocenters. The van der Waals surface area contributed by atoms with E-state index >= 15 is 0 Å².